The molecule has 1 heterocycles. The van der Waals surface area contributed by atoms with Crippen LogP contribution in [-0.4, -0.2) is 47.5 Å². The Morgan fingerprint density at radius 1 is 1.45 bits per heavy atom. The normalized spacial score (nSPS) is 27.1. The minimum absolute atomic E-state index is 0.0532. The van der Waals surface area contributed by atoms with E-state index < -0.39 is 11.7 Å². The van der Waals surface area contributed by atoms with Crippen molar-refractivity contribution < 1.29 is 14.3 Å². The standard InChI is InChI=1S/C15H22N2O3/c1-15(2,3)20-14(19)17-12-8-6-7-10(12)11(13(17)18)9-16(4)5/h6,8-10,12H,7H2,1-5H3. The van der Waals surface area contributed by atoms with Gasteiger partial charge in [-0.1, -0.05) is 12.2 Å². The van der Waals surface area contributed by atoms with Crippen LogP contribution in [0, 0.1) is 5.92 Å². The number of allylic oxidation sites excluding steroid dienone is 1. The Hall–Kier alpha value is -1.78. The molecule has 1 aliphatic heterocycles. The molecule has 0 saturated carbocycles. The smallest absolute Gasteiger partial charge is 0.417 e. The first-order valence-electron chi connectivity index (χ1n) is 6.82. The van der Waals surface area contributed by atoms with Crippen LogP contribution < -0.4 is 0 Å². The molecule has 0 aromatic heterocycles. The van der Waals surface area contributed by atoms with Crippen LogP contribution in [-0.2, 0) is 9.53 Å². The predicted octanol–water partition coefficient (Wildman–Crippen LogP) is 2.15. The average molecular weight is 278 g/mol. The highest BCUT2D eigenvalue weighted by Crippen LogP contribution is 2.38. The number of carbonyl (C=O) groups excluding carboxylic acids is 2. The maximum Gasteiger partial charge on any atom is 0.417 e. The van der Waals surface area contributed by atoms with Crippen LogP contribution in [0.5, 0.6) is 0 Å². The Bertz CT molecular complexity index is 486. The van der Waals surface area contributed by atoms with Crippen LogP contribution in [0.2, 0.25) is 0 Å². The van der Waals surface area contributed by atoms with Gasteiger partial charge in [0.1, 0.15) is 5.60 Å². The summed E-state index contributed by atoms with van der Waals surface area (Å²) < 4.78 is 5.34. The first-order chi connectivity index (χ1) is 9.20. The zero-order valence-electron chi connectivity index (χ0n) is 12.7. The maximum atomic E-state index is 12.5. The Balaban J connectivity index is 2.28. The number of likely N-dealkylation sites (tertiary alicyclic amines) is 1. The van der Waals surface area contributed by atoms with E-state index in [0.29, 0.717) is 5.57 Å². The zero-order valence-corrected chi connectivity index (χ0v) is 12.7. The molecule has 1 saturated heterocycles. The van der Waals surface area contributed by atoms with Gasteiger partial charge in [-0.3, -0.25) is 4.79 Å². The molecular formula is C15H22N2O3. The van der Waals surface area contributed by atoms with E-state index >= 15 is 0 Å². The molecule has 0 radical (unpaired) electrons. The van der Waals surface area contributed by atoms with Crippen molar-refractivity contribution in [2.75, 3.05) is 14.1 Å². The monoisotopic (exact) mass is 278 g/mol. The fourth-order valence-corrected chi connectivity index (χ4v) is 2.59. The lowest BCUT2D eigenvalue weighted by Gasteiger charge is -2.25. The quantitative estimate of drug-likeness (QED) is 0.545. The number of amides is 2. The summed E-state index contributed by atoms with van der Waals surface area (Å²) in [7, 11) is 3.74. The van der Waals surface area contributed by atoms with E-state index in [1.54, 1.807) is 27.0 Å². The fraction of sp³-hybridized carbons (Fsp3) is 0.600. The van der Waals surface area contributed by atoms with Crippen LogP contribution in [0.3, 0.4) is 0 Å². The maximum absolute atomic E-state index is 12.5. The Morgan fingerprint density at radius 3 is 2.65 bits per heavy atom. The van der Waals surface area contributed by atoms with Gasteiger partial charge in [0, 0.05) is 31.8 Å². The fourth-order valence-electron chi connectivity index (χ4n) is 2.59. The Labute approximate surface area is 119 Å². The minimum Gasteiger partial charge on any atom is -0.443 e. The second-order valence-electron chi connectivity index (χ2n) is 6.46. The van der Waals surface area contributed by atoms with Crippen LogP contribution >= 0.6 is 0 Å². The van der Waals surface area contributed by atoms with Gasteiger partial charge in [-0.05, 0) is 27.2 Å². The largest absolute Gasteiger partial charge is 0.443 e. The number of hydrogen-bond donors (Lipinski definition) is 0. The van der Waals surface area contributed by atoms with Gasteiger partial charge in [-0.2, -0.15) is 0 Å². The molecule has 1 aliphatic carbocycles. The molecule has 2 rings (SSSR count). The Morgan fingerprint density at radius 2 is 2.10 bits per heavy atom. The summed E-state index contributed by atoms with van der Waals surface area (Å²) in [5, 5.41) is 0. The molecule has 5 nitrogen and oxygen atoms in total. The van der Waals surface area contributed by atoms with Gasteiger partial charge in [0.25, 0.3) is 5.91 Å². The summed E-state index contributed by atoms with van der Waals surface area (Å²) >= 11 is 0. The topological polar surface area (TPSA) is 49.9 Å². The number of nitrogens with zero attached hydrogens (tertiary/aromatic N) is 2. The van der Waals surface area contributed by atoms with Gasteiger partial charge in [0.2, 0.25) is 0 Å². The molecule has 0 aromatic carbocycles. The molecule has 0 spiro atoms. The molecule has 2 unspecified atom stereocenters. The van der Waals surface area contributed by atoms with Crippen molar-refractivity contribution in [1.82, 2.24) is 9.80 Å². The highest BCUT2D eigenvalue weighted by atomic mass is 16.6. The van der Waals surface area contributed by atoms with Crippen molar-refractivity contribution in [2.24, 2.45) is 5.92 Å². The van der Waals surface area contributed by atoms with Crippen molar-refractivity contribution in [1.29, 1.82) is 0 Å². The van der Waals surface area contributed by atoms with Crippen LogP contribution in [0.15, 0.2) is 23.9 Å². The van der Waals surface area contributed by atoms with Crippen molar-refractivity contribution in [2.45, 2.75) is 38.8 Å². The summed E-state index contributed by atoms with van der Waals surface area (Å²) in [6.45, 7) is 5.39. The number of hydrogen-bond acceptors (Lipinski definition) is 4. The third-order valence-corrected chi connectivity index (χ3v) is 3.29. The van der Waals surface area contributed by atoms with Gasteiger partial charge in [0.15, 0.2) is 0 Å². The molecule has 0 aromatic rings. The van der Waals surface area contributed by atoms with Gasteiger partial charge in [-0.25, -0.2) is 9.69 Å². The van der Waals surface area contributed by atoms with Crippen molar-refractivity contribution in [3.63, 3.8) is 0 Å². The van der Waals surface area contributed by atoms with Crippen LogP contribution in [0.4, 0.5) is 4.79 Å². The van der Waals surface area contributed by atoms with Gasteiger partial charge >= 0.3 is 6.09 Å². The van der Waals surface area contributed by atoms with Gasteiger partial charge in [0.05, 0.1) is 6.04 Å². The SMILES string of the molecule is CN(C)C=C1C(=O)N(C(=O)OC(C)(C)C)C2C=CCC12. The van der Waals surface area contributed by atoms with E-state index in [2.05, 4.69) is 0 Å². The van der Waals surface area contributed by atoms with E-state index in [4.69, 9.17) is 4.74 Å². The highest BCUT2D eigenvalue weighted by molar-refractivity contribution is 6.06. The summed E-state index contributed by atoms with van der Waals surface area (Å²) in [5.41, 5.74) is 0.0688. The van der Waals surface area contributed by atoms with Crippen molar-refractivity contribution in [3.8, 4) is 0 Å². The predicted molar refractivity (Wildman–Crippen MR) is 75.9 cm³/mol. The third-order valence-electron chi connectivity index (χ3n) is 3.29. The number of imide groups is 1. The van der Waals surface area contributed by atoms with Gasteiger partial charge in [-0.15, -0.1) is 0 Å². The van der Waals surface area contributed by atoms with Crippen LogP contribution in [0.1, 0.15) is 27.2 Å². The van der Waals surface area contributed by atoms with E-state index in [9.17, 15) is 9.59 Å². The van der Waals surface area contributed by atoms with Crippen LogP contribution in [0.25, 0.3) is 0 Å². The van der Waals surface area contributed by atoms with Crippen molar-refractivity contribution in [3.05, 3.63) is 23.9 Å². The summed E-state index contributed by atoms with van der Waals surface area (Å²) in [6, 6.07) is -0.205. The lowest BCUT2D eigenvalue weighted by Crippen LogP contribution is -2.42. The van der Waals surface area contributed by atoms with Crippen molar-refractivity contribution >= 4 is 12.0 Å². The molecule has 0 bridgehead atoms. The molecule has 20 heavy (non-hydrogen) atoms. The molecule has 1 fully saturated rings. The molecule has 2 amide bonds. The average Bonchev–Trinajstić information content (AvgIpc) is 2.79. The zero-order chi connectivity index (χ0) is 15.1. The van der Waals surface area contributed by atoms with E-state index in [1.165, 1.54) is 4.90 Å². The second-order valence-corrected chi connectivity index (χ2v) is 6.46. The first kappa shape index (κ1) is 14.6. The van der Waals surface area contributed by atoms with Gasteiger partial charge < -0.3 is 9.64 Å². The third kappa shape index (κ3) is 2.71. The summed E-state index contributed by atoms with van der Waals surface area (Å²) in [5.74, 6) is -0.190. The summed E-state index contributed by atoms with van der Waals surface area (Å²) in [4.78, 5) is 27.8. The molecule has 110 valence electrons. The lowest BCUT2D eigenvalue weighted by molar-refractivity contribution is -0.124. The minimum atomic E-state index is -0.608. The second kappa shape index (κ2) is 4.96. The summed E-state index contributed by atoms with van der Waals surface area (Å²) in [6.07, 6.45) is 5.96. The molecule has 5 heteroatoms. The molecule has 2 aliphatic rings. The highest BCUT2D eigenvalue weighted by Gasteiger charge is 2.48. The number of ether oxygens (including phenoxy) is 1. The number of carbonyl (C=O) groups is 2. The molecule has 0 N–H and O–H groups in total. The number of rotatable bonds is 1. The molecule has 2 atom stereocenters. The molecular weight excluding hydrogens is 256 g/mol. The lowest BCUT2D eigenvalue weighted by atomic mass is 9.98. The van der Waals surface area contributed by atoms with E-state index in [0.717, 1.165) is 6.42 Å². The number of fused-ring (bicyclic) bond motifs is 1. The van der Waals surface area contributed by atoms with E-state index in [1.807, 2.05) is 31.1 Å². The first-order valence-corrected chi connectivity index (χ1v) is 6.82. The Kier molecular flexibility index (Phi) is 3.63. The van der Waals surface area contributed by atoms with E-state index in [-0.39, 0.29) is 17.9 Å².